The SMILES string of the molecule is Cc1nn(C(C)C)c2cnn(CC(=O)N[C@@H](C)c3ccc(C(F)(F)F)cc3)c(=O)c12. The van der Waals surface area contributed by atoms with Gasteiger partial charge in [-0.15, -0.1) is 0 Å². The summed E-state index contributed by atoms with van der Waals surface area (Å²) in [7, 11) is 0. The molecule has 1 aromatic carbocycles. The normalized spacial score (nSPS) is 13.1. The van der Waals surface area contributed by atoms with Gasteiger partial charge in [-0.05, 0) is 45.4 Å². The van der Waals surface area contributed by atoms with Crippen LogP contribution in [0.2, 0.25) is 0 Å². The summed E-state index contributed by atoms with van der Waals surface area (Å²) >= 11 is 0. The fourth-order valence-electron chi connectivity index (χ4n) is 3.23. The average Bonchev–Trinajstić information content (AvgIpc) is 3.01. The highest BCUT2D eigenvalue weighted by Crippen LogP contribution is 2.29. The molecule has 2 heterocycles. The number of hydrogen-bond acceptors (Lipinski definition) is 4. The minimum Gasteiger partial charge on any atom is -0.348 e. The molecule has 0 radical (unpaired) electrons. The number of hydrogen-bond donors (Lipinski definition) is 1. The molecular weight excluding hydrogens is 399 g/mol. The molecule has 2 aromatic heterocycles. The summed E-state index contributed by atoms with van der Waals surface area (Å²) in [5.41, 5.74) is 0.488. The molecule has 1 N–H and O–H groups in total. The molecule has 0 aliphatic heterocycles. The van der Waals surface area contributed by atoms with E-state index in [4.69, 9.17) is 0 Å². The molecule has 3 aromatic rings. The van der Waals surface area contributed by atoms with Gasteiger partial charge in [0.15, 0.2) is 0 Å². The maximum absolute atomic E-state index is 12.8. The van der Waals surface area contributed by atoms with E-state index in [2.05, 4.69) is 15.5 Å². The monoisotopic (exact) mass is 421 g/mol. The summed E-state index contributed by atoms with van der Waals surface area (Å²) < 4.78 is 40.8. The number of carbonyl (C=O) groups is 1. The Kier molecular flexibility index (Phi) is 5.69. The van der Waals surface area contributed by atoms with E-state index in [-0.39, 0.29) is 12.6 Å². The summed E-state index contributed by atoms with van der Waals surface area (Å²) in [6, 6.07) is 4.07. The van der Waals surface area contributed by atoms with Gasteiger partial charge in [-0.25, -0.2) is 4.68 Å². The minimum atomic E-state index is -4.42. The highest BCUT2D eigenvalue weighted by atomic mass is 19.4. The maximum Gasteiger partial charge on any atom is 0.416 e. The van der Waals surface area contributed by atoms with Crippen LogP contribution >= 0.6 is 0 Å². The standard InChI is InChI=1S/C20H22F3N5O2/c1-11(2)28-16-9-24-27(19(30)18(16)13(4)26-28)10-17(29)25-12(3)14-5-7-15(8-6-14)20(21,22)23/h5-9,11-12H,10H2,1-4H3,(H,25,29)/t12-/m0/s1. The van der Waals surface area contributed by atoms with Crippen molar-refractivity contribution in [2.24, 2.45) is 0 Å². The molecule has 10 heteroatoms. The smallest absolute Gasteiger partial charge is 0.348 e. The second-order valence-corrected chi connectivity index (χ2v) is 7.40. The molecule has 0 unspecified atom stereocenters. The van der Waals surface area contributed by atoms with Gasteiger partial charge in [0.05, 0.1) is 34.4 Å². The molecule has 0 fully saturated rings. The number of aromatic nitrogens is 4. The Balaban J connectivity index is 1.76. The lowest BCUT2D eigenvalue weighted by Gasteiger charge is -2.16. The van der Waals surface area contributed by atoms with E-state index in [1.54, 1.807) is 18.5 Å². The van der Waals surface area contributed by atoms with Crippen LogP contribution in [0.5, 0.6) is 0 Å². The summed E-state index contributed by atoms with van der Waals surface area (Å²) in [5, 5.41) is 11.5. The van der Waals surface area contributed by atoms with Crippen LogP contribution in [0.3, 0.4) is 0 Å². The number of aryl methyl sites for hydroxylation is 1. The average molecular weight is 421 g/mol. The van der Waals surface area contributed by atoms with Crippen molar-refractivity contribution in [3.63, 3.8) is 0 Å². The third-order valence-electron chi connectivity index (χ3n) is 4.79. The number of nitrogens with zero attached hydrogens (tertiary/aromatic N) is 4. The van der Waals surface area contributed by atoms with Crippen LogP contribution in [0, 0.1) is 6.92 Å². The fourth-order valence-corrected chi connectivity index (χ4v) is 3.23. The second-order valence-electron chi connectivity index (χ2n) is 7.40. The van der Waals surface area contributed by atoms with E-state index >= 15 is 0 Å². The van der Waals surface area contributed by atoms with Gasteiger partial charge in [0, 0.05) is 6.04 Å². The molecule has 0 saturated carbocycles. The van der Waals surface area contributed by atoms with Crippen LogP contribution in [-0.2, 0) is 17.5 Å². The van der Waals surface area contributed by atoms with Crippen LogP contribution in [0.15, 0.2) is 35.3 Å². The van der Waals surface area contributed by atoms with Gasteiger partial charge in [0.1, 0.15) is 6.54 Å². The maximum atomic E-state index is 12.8. The van der Waals surface area contributed by atoms with Crippen LogP contribution in [0.25, 0.3) is 10.9 Å². The third-order valence-corrected chi connectivity index (χ3v) is 4.79. The van der Waals surface area contributed by atoms with Gasteiger partial charge in [-0.3, -0.25) is 14.3 Å². The summed E-state index contributed by atoms with van der Waals surface area (Å²) in [4.78, 5) is 25.2. The van der Waals surface area contributed by atoms with E-state index in [0.29, 0.717) is 22.2 Å². The predicted molar refractivity (Wildman–Crippen MR) is 105 cm³/mol. The van der Waals surface area contributed by atoms with Gasteiger partial charge in [0.2, 0.25) is 5.91 Å². The first-order valence-electron chi connectivity index (χ1n) is 9.40. The van der Waals surface area contributed by atoms with E-state index in [1.807, 2.05) is 13.8 Å². The number of amides is 1. The number of benzene rings is 1. The highest BCUT2D eigenvalue weighted by Gasteiger charge is 2.30. The van der Waals surface area contributed by atoms with E-state index in [0.717, 1.165) is 16.8 Å². The van der Waals surface area contributed by atoms with Gasteiger partial charge in [-0.1, -0.05) is 12.1 Å². The zero-order valence-corrected chi connectivity index (χ0v) is 17.0. The van der Waals surface area contributed by atoms with Crippen LogP contribution in [0.1, 0.15) is 49.7 Å². The predicted octanol–water partition coefficient (Wildman–Crippen LogP) is 3.38. The Labute approximate surface area is 170 Å². The lowest BCUT2D eigenvalue weighted by Crippen LogP contribution is -2.35. The summed E-state index contributed by atoms with van der Waals surface area (Å²) in [5.74, 6) is -0.481. The number of rotatable bonds is 5. The van der Waals surface area contributed by atoms with Crippen LogP contribution < -0.4 is 10.9 Å². The molecule has 0 spiro atoms. The van der Waals surface area contributed by atoms with Crippen molar-refractivity contribution in [1.29, 1.82) is 0 Å². The van der Waals surface area contributed by atoms with E-state index < -0.39 is 29.2 Å². The van der Waals surface area contributed by atoms with Crippen molar-refractivity contribution in [2.75, 3.05) is 0 Å². The Morgan fingerprint density at radius 1 is 1.17 bits per heavy atom. The van der Waals surface area contributed by atoms with Crippen molar-refractivity contribution in [3.8, 4) is 0 Å². The number of carbonyl (C=O) groups excluding carboxylic acids is 1. The van der Waals surface area contributed by atoms with Gasteiger partial charge in [0.25, 0.3) is 5.56 Å². The quantitative estimate of drug-likeness (QED) is 0.685. The first-order valence-corrected chi connectivity index (χ1v) is 9.40. The Hall–Kier alpha value is -3.17. The molecule has 0 bridgehead atoms. The van der Waals surface area contributed by atoms with Crippen LogP contribution in [0.4, 0.5) is 13.2 Å². The van der Waals surface area contributed by atoms with Crippen molar-refractivity contribution < 1.29 is 18.0 Å². The number of nitrogens with one attached hydrogen (secondary N) is 1. The molecule has 160 valence electrons. The highest BCUT2D eigenvalue weighted by molar-refractivity contribution is 5.81. The second kappa shape index (κ2) is 7.92. The van der Waals surface area contributed by atoms with Crippen molar-refractivity contribution in [1.82, 2.24) is 24.9 Å². The van der Waals surface area contributed by atoms with E-state index in [9.17, 15) is 22.8 Å². The zero-order valence-electron chi connectivity index (χ0n) is 17.0. The molecular formula is C20H22F3N5O2. The summed E-state index contributed by atoms with van der Waals surface area (Å²) in [6.45, 7) is 6.93. The fraction of sp³-hybridized carbons (Fsp3) is 0.400. The molecule has 1 atom stereocenters. The molecule has 0 aliphatic carbocycles. The lowest BCUT2D eigenvalue weighted by atomic mass is 10.1. The third kappa shape index (κ3) is 4.22. The van der Waals surface area contributed by atoms with Gasteiger partial charge >= 0.3 is 6.18 Å². The zero-order chi connectivity index (χ0) is 22.2. The van der Waals surface area contributed by atoms with Crippen molar-refractivity contribution >= 4 is 16.8 Å². The number of alkyl halides is 3. The Bertz CT molecular complexity index is 1130. The Morgan fingerprint density at radius 2 is 1.80 bits per heavy atom. The van der Waals surface area contributed by atoms with Gasteiger partial charge in [-0.2, -0.15) is 23.4 Å². The van der Waals surface area contributed by atoms with Crippen molar-refractivity contribution in [3.05, 3.63) is 57.6 Å². The number of halogens is 3. The van der Waals surface area contributed by atoms with Crippen LogP contribution in [-0.4, -0.2) is 25.5 Å². The first kappa shape index (κ1) is 21.5. The topological polar surface area (TPSA) is 81.8 Å². The molecule has 3 rings (SSSR count). The first-order chi connectivity index (χ1) is 14.0. The largest absolute Gasteiger partial charge is 0.416 e. The molecule has 0 aliphatic rings. The molecule has 7 nitrogen and oxygen atoms in total. The Morgan fingerprint density at radius 3 is 2.37 bits per heavy atom. The lowest BCUT2D eigenvalue weighted by molar-refractivity contribution is -0.137. The van der Waals surface area contributed by atoms with Crippen molar-refractivity contribution in [2.45, 2.75) is 52.5 Å². The van der Waals surface area contributed by atoms with Gasteiger partial charge < -0.3 is 5.32 Å². The number of fused-ring (bicyclic) bond motifs is 1. The molecule has 0 saturated heterocycles. The molecule has 30 heavy (non-hydrogen) atoms. The van der Waals surface area contributed by atoms with E-state index in [1.165, 1.54) is 18.3 Å². The summed E-state index contributed by atoms with van der Waals surface area (Å²) in [6.07, 6.45) is -2.92. The minimum absolute atomic E-state index is 0.0473. The molecule has 1 amide bonds.